The zero-order chi connectivity index (χ0) is 23.4. The number of carbonyl (C=O) groups is 1. The van der Waals surface area contributed by atoms with Gasteiger partial charge in [0.25, 0.3) is 0 Å². The maximum Gasteiger partial charge on any atom is 0.416 e. The van der Waals surface area contributed by atoms with Gasteiger partial charge in [0.05, 0.1) is 23.7 Å². The summed E-state index contributed by atoms with van der Waals surface area (Å²) < 4.78 is 56.6. The third-order valence-electron chi connectivity index (χ3n) is 6.81. The van der Waals surface area contributed by atoms with Crippen LogP contribution in [-0.4, -0.2) is 43.8 Å². The number of esters is 1. The van der Waals surface area contributed by atoms with Crippen molar-refractivity contribution in [2.45, 2.75) is 43.2 Å². The molecular weight excluding hydrogens is 435 g/mol. The summed E-state index contributed by atoms with van der Waals surface area (Å²) in [5, 5.41) is 0. The van der Waals surface area contributed by atoms with Gasteiger partial charge in [-0.05, 0) is 55.9 Å². The minimum atomic E-state index is -4.53. The molecule has 0 N–H and O–H groups in total. The lowest BCUT2D eigenvalue weighted by Gasteiger charge is -2.36. The van der Waals surface area contributed by atoms with E-state index in [1.807, 2.05) is 12.1 Å². The van der Waals surface area contributed by atoms with Crippen LogP contribution in [0.25, 0.3) is 0 Å². The number of carbonyl (C=O) groups excluding carboxylic acids is 1. The number of methoxy groups -OCH3 is 1. The van der Waals surface area contributed by atoms with E-state index < -0.39 is 23.8 Å². The summed E-state index contributed by atoms with van der Waals surface area (Å²) in [6.45, 7) is 1.67. The van der Waals surface area contributed by atoms with Crippen LogP contribution >= 0.6 is 0 Å². The first kappa shape index (κ1) is 21.8. The highest BCUT2D eigenvalue weighted by atomic mass is 19.4. The Kier molecular flexibility index (Phi) is 5.16. The van der Waals surface area contributed by atoms with E-state index in [2.05, 4.69) is 24.1 Å². The number of rotatable bonds is 3. The summed E-state index contributed by atoms with van der Waals surface area (Å²) in [5.41, 5.74) is 0.928. The molecule has 1 spiro atoms. The van der Waals surface area contributed by atoms with E-state index in [-0.39, 0.29) is 17.1 Å². The zero-order valence-corrected chi connectivity index (χ0v) is 18.3. The lowest BCUT2D eigenvalue weighted by atomic mass is 9.69. The highest BCUT2D eigenvalue weighted by Crippen LogP contribution is 2.55. The number of nitrogens with zero attached hydrogens (tertiary/aromatic N) is 1. The summed E-state index contributed by atoms with van der Waals surface area (Å²) >= 11 is 0. The van der Waals surface area contributed by atoms with E-state index in [1.54, 1.807) is 7.11 Å². The Morgan fingerprint density at radius 2 is 2.06 bits per heavy atom. The Morgan fingerprint density at radius 1 is 1.24 bits per heavy atom. The molecule has 0 radical (unpaired) electrons. The van der Waals surface area contributed by atoms with Crippen molar-refractivity contribution in [2.75, 3.05) is 20.7 Å². The number of alkyl halides is 3. The van der Waals surface area contributed by atoms with Crippen LogP contribution in [0.2, 0.25) is 0 Å². The van der Waals surface area contributed by atoms with Gasteiger partial charge < -0.3 is 19.1 Å². The normalized spacial score (nSPS) is 26.1. The molecule has 5 rings (SSSR count). The van der Waals surface area contributed by atoms with Gasteiger partial charge in [-0.3, -0.25) is 0 Å². The first-order chi connectivity index (χ1) is 15.7. The van der Waals surface area contributed by atoms with Crippen molar-refractivity contribution in [2.24, 2.45) is 0 Å². The van der Waals surface area contributed by atoms with Gasteiger partial charge >= 0.3 is 12.1 Å². The Bertz CT molecular complexity index is 1130. The first-order valence-corrected chi connectivity index (χ1v) is 10.8. The van der Waals surface area contributed by atoms with E-state index >= 15 is 0 Å². The summed E-state index contributed by atoms with van der Waals surface area (Å²) in [6.07, 6.45) is -0.256. The lowest BCUT2D eigenvalue weighted by molar-refractivity contribution is -0.137. The van der Waals surface area contributed by atoms with Crippen LogP contribution in [0.1, 0.15) is 39.9 Å². The molecule has 2 aromatic rings. The van der Waals surface area contributed by atoms with Crippen LogP contribution in [-0.2, 0) is 22.9 Å². The Morgan fingerprint density at radius 3 is 2.82 bits per heavy atom. The Balaban J connectivity index is 1.42. The van der Waals surface area contributed by atoms with Crippen molar-refractivity contribution < 1.29 is 32.2 Å². The molecule has 2 aliphatic heterocycles. The van der Waals surface area contributed by atoms with Crippen LogP contribution < -0.4 is 9.47 Å². The smallest absolute Gasteiger partial charge is 0.416 e. The fraction of sp³-hybridized carbons (Fsp3) is 0.400. The van der Waals surface area contributed by atoms with Crippen molar-refractivity contribution in [1.82, 2.24) is 4.90 Å². The Labute approximate surface area is 189 Å². The molecule has 174 valence electrons. The molecule has 0 fully saturated rings. The third-order valence-corrected chi connectivity index (χ3v) is 6.81. The van der Waals surface area contributed by atoms with E-state index in [1.165, 1.54) is 17.7 Å². The van der Waals surface area contributed by atoms with Gasteiger partial charge in [0, 0.05) is 18.5 Å². The first-order valence-electron chi connectivity index (χ1n) is 10.8. The largest absolute Gasteiger partial charge is 0.493 e. The molecule has 2 aromatic carbocycles. The van der Waals surface area contributed by atoms with Crippen molar-refractivity contribution in [3.8, 4) is 11.5 Å². The number of hydrogen-bond acceptors (Lipinski definition) is 5. The van der Waals surface area contributed by atoms with E-state index in [9.17, 15) is 18.0 Å². The van der Waals surface area contributed by atoms with Gasteiger partial charge in [-0.2, -0.15) is 13.2 Å². The van der Waals surface area contributed by atoms with Crippen LogP contribution in [0, 0.1) is 0 Å². The highest BCUT2D eigenvalue weighted by Gasteiger charge is 2.53. The number of halogens is 3. The minimum absolute atomic E-state index is 0.130. The average molecular weight is 459 g/mol. The fourth-order valence-electron chi connectivity index (χ4n) is 5.18. The molecule has 0 aromatic heterocycles. The molecule has 0 bridgehead atoms. The van der Waals surface area contributed by atoms with Gasteiger partial charge in [-0.15, -0.1) is 0 Å². The van der Waals surface area contributed by atoms with Crippen molar-refractivity contribution in [1.29, 1.82) is 0 Å². The maximum absolute atomic E-state index is 13.0. The molecule has 1 aliphatic carbocycles. The molecule has 0 saturated carbocycles. The summed E-state index contributed by atoms with van der Waals surface area (Å²) in [7, 11) is 3.69. The quantitative estimate of drug-likeness (QED) is 0.491. The van der Waals surface area contributed by atoms with Crippen molar-refractivity contribution in [3.63, 3.8) is 0 Å². The minimum Gasteiger partial charge on any atom is -0.493 e. The van der Waals surface area contributed by atoms with Crippen LogP contribution in [0.15, 0.2) is 48.6 Å². The second kappa shape index (κ2) is 7.80. The molecule has 33 heavy (non-hydrogen) atoms. The predicted molar refractivity (Wildman–Crippen MR) is 114 cm³/mol. The van der Waals surface area contributed by atoms with Gasteiger partial charge in [0.2, 0.25) is 0 Å². The second-order valence-electron chi connectivity index (χ2n) is 8.88. The maximum atomic E-state index is 13.0. The van der Waals surface area contributed by atoms with Crippen LogP contribution in [0.4, 0.5) is 13.2 Å². The average Bonchev–Trinajstić information content (AvgIpc) is 3.04. The molecule has 3 atom stereocenters. The number of hydrogen-bond donors (Lipinski definition) is 0. The molecule has 0 saturated heterocycles. The standard InChI is InChI=1S/C25H24F3NO4/c1-29-11-10-24-9-8-18(32-23(30)15-4-3-5-17(12-15)25(26,27)28)13-20(24)33-22-19(31-2)7-6-16(14-29)21(22)24/h3-9,12,18,20H,10-11,13-14H2,1-2H3/t18?,20-,24-/m0/s1. The SMILES string of the molecule is COc1ccc2c3c1O[C@H]1CC(OC(=O)c4cccc(C(F)(F)F)c4)C=C[C@@]31CCN(C)C2. The molecule has 1 unspecified atom stereocenters. The third kappa shape index (κ3) is 3.66. The number of benzene rings is 2. The molecule has 5 nitrogen and oxygen atoms in total. The van der Waals surface area contributed by atoms with Crippen molar-refractivity contribution in [3.05, 3.63) is 70.8 Å². The number of ether oxygens (including phenoxy) is 3. The fourth-order valence-corrected chi connectivity index (χ4v) is 5.18. The van der Waals surface area contributed by atoms with E-state index in [0.717, 1.165) is 43.0 Å². The van der Waals surface area contributed by atoms with Gasteiger partial charge in [-0.25, -0.2) is 4.79 Å². The molecular formula is C25H24F3NO4. The van der Waals surface area contributed by atoms with Gasteiger partial charge in [-0.1, -0.05) is 18.2 Å². The molecule has 3 aliphatic rings. The molecule has 8 heteroatoms. The lowest BCUT2D eigenvalue weighted by Crippen LogP contribution is -2.43. The predicted octanol–water partition coefficient (Wildman–Crippen LogP) is 4.73. The zero-order valence-electron chi connectivity index (χ0n) is 18.3. The molecule has 2 heterocycles. The second-order valence-corrected chi connectivity index (χ2v) is 8.88. The topological polar surface area (TPSA) is 48.0 Å². The van der Waals surface area contributed by atoms with Gasteiger partial charge in [0.1, 0.15) is 12.2 Å². The van der Waals surface area contributed by atoms with Crippen molar-refractivity contribution >= 4 is 5.97 Å². The monoisotopic (exact) mass is 459 g/mol. The van der Waals surface area contributed by atoms with E-state index in [4.69, 9.17) is 14.2 Å². The highest BCUT2D eigenvalue weighted by molar-refractivity contribution is 5.89. The van der Waals surface area contributed by atoms with E-state index in [0.29, 0.717) is 12.2 Å². The molecule has 0 amide bonds. The Hall–Kier alpha value is -3.00. The summed E-state index contributed by atoms with van der Waals surface area (Å²) in [4.78, 5) is 14.9. The van der Waals surface area contributed by atoms with Gasteiger partial charge in [0.15, 0.2) is 11.5 Å². The summed E-state index contributed by atoms with van der Waals surface area (Å²) in [6, 6.07) is 8.26. The summed E-state index contributed by atoms with van der Waals surface area (Å²) in [5.74, 6) is 0.601. The van der Waals surface area contributed by atoms with Crippen LogP contribution in [0.5, 0.6) is 11.5 Å². The van der Waals surface area contributed by atoms with Crippen LogP contribution in [0.3, 0.4) is 0 Å².